The fourth-order valence-corrected chi connectivity index (χ4v) is 3.80. The van der Waals surface area contributed by atoms with Crippen molar-refractivity contribution in [1.29, 1.82) is 0 Å². The first-order valence-electron chi connectivity index (χ1n) is 7.34. The van der Waals surface area contributed by atoms with E-state index in [-0.39, 0.29) is 11.8 Å². The van der Waals surface area contributed by atoms with Crippen molar-refractivity contribution in [2.75, 3.05) is 0 Å². The topological polar surface area (TPSA) is 63.1 Å². The molecule has 2 bridgehead atoms. The van der Waals surface area contributed by atoms with Crippen LogP contribution in [0.4, 0.5) is 0 Å². The van der Waals surface area contributed by atoms with E-state index >= 15 is 0 Å². The molecular weight excluding hydrogens is 254 g/mol. The Balaban J connectivity index is 1.45. The standard InChI is InChI=1S/C15H21N3O2/c1-18-6-2-3-13(18)15(20)17-16-14(19)9-12-8-10-4-5-11(12)7-10/h2-3,6,10-12H,4-5,7-9H2,1H3,(H,16,19)(H,17,20). The molecule has 2 amide bonds. The van der Waals surface area contributed by atoms with Crippen LogP contribution in [0.1, 0.15) is 42.6 Å². The molecular formula is C15H21N3O2. The van der Waals surface area contributed by atoms with E-state index in [1.807, 2.05) is 0 Å². The molecule has 3 atom stereocenters. The van der Waals surface area contributed by atoms with Crippen LogP contribution >= 0.6 is 0 Å². The van der Waals surface area contributed by atoms with Crippen LogP contribution in [-0.4, -0.2) is 16.4 Å². The lowest BCUT2D eigenvalue weighted by molar-refractivity contribution is -0.123. The third-order valence-electron chi connectivity index (χ3n) is 4.82. The first kappa shape index (κ1) is 13.2. The molecule has 0 radical (unpaired) electrons. The van der Waals surface area contributed by atoms with Gasteiger partial charge in [0.25, 0.3) is 5.91 Å². The first-order valence-corrected chi connectivity index (χ1v) is 7.34. The predicted octanol–water partition coefficient (Wildman–Crippen LogP) is 1.61. The Hall–Kier alpha value is -1.78. The van der Waals surface area contributed by atoms with Gasteiger partial charge in [-0.15, -0.1) is 0 Å². The van der Waals surface area contributed by atoms with Gasteiger partial charge in [-0.3, -0.25) is 20.4 Å². The third kappa shape index (κ3) is 2.57. The highest BCUT2D eigenvalue weighted by atomic mass is 16.2. The molecule has 1 heterocycles. The number of rotatable bonds is 3. The Labute approximate surface area is 118 Å². The molecule has 0 aromatic carbocycles. The van der Waals surface area contributed by atoms with Crippen molar-refractivity contribution < 1.29 is 9.59 Å². The fraction of sp³-hybridized carbons (Fsp3) is 0.600. The lowest BCUT2D eigenvalue weighted by Crippen LogP contribution is -2.43. The van der Waals surface area contributed by atoms with Crippen molar-refractivity contribution in [2.45, 2.75) is 32.1 Å². The molecule has 108 valence electrons. The van der Waals surface area contributed by atoms with Crippen LogP contribution < -0.4 is 10.9 Å². The van der Waals surface area contributed by atoms with Gasteiger partial charge in [-0.2, -0.15) is 0 Å². The maximum absolute atomic E-state index is 11.9. The molecule has 0 spiro atoms. The van der Waals surface area contributed by atoms with E-state index in [0.717, 1.165) is 11.8 Å². The van der Waals surface area contributed by atoms with Crippen molar-refractivity contribution in [1.82, 2.24) is 15.4 Å². The number of carbonyl (C=O) groups excluding carboxylic acids is 2. The molecule has 2 aliphatic carbocycles. The summed E-state index contributed by atoms with van der Waals surface area (Å²) in [5.74, 6) is 1.73. The number of carbonyl (C=O) groups is 2. The van der Waals surface area contributed by atoms with Crippen molar-refractivity contribution in [2.24, 2.45) is 24.8 Å². The largest absolute Gasteiger partial charge is 0.347 e. The smallest absolute Gasteiger partial charge is 0.286 e. The normalized spacial score (nSPS) is 27.6. The van der Waals surface area contributed by atoms with Gasteiger partial charge in [-0.25, -0.2) is 0 Å². The highest BCUT2D eigenvalue weighted by Crippen LogP contribution is 2.49. The van der Waals surface area contributed by atoms with Gasteiger partial charge in [0.1, 0.15) is 5.69 Å². The first-order chi connectivity index (χ1) is 9.63. The van der Waals surface area contributed by atoms with E-state index in [1.54, 1.807) is 29.9 Å². The van der Waals surface area contributed by atoms with Gasteiger partial charge in [-0.1, -0.05) is 6.42 Å². The van der Waals surface area contributed by atoms with Gasteiger partial charge in [0, 0.05) is 19.7 Å². The van der Waals surface area contributed by atoms with E-state index in [0.29, 0.717) is 18.0 Å². The monoisotopic (exact) mass is 275 g/mol. The molecule has 2 fully saturated rings. The Bertz CT molecular complexity index is 523. The number of hydrazine groups is 1. The zero-order valence-electron chi connectivity index (χ0n) is 11.8. The zero-order valence-corrected chi connectivity index (χ0v) is 11.8. The number of hydrogen-bond acceptors (Lipinski definition) is 2. The summed E-state index contributed by atoms with van der Waals surface area (Å²) < 4.78 is 1.72. The molecule has 5 heteroatoms. The average Bonchev–Trinajstić information content (AvgIpc) is 3.12. The van der Waals surface area contributed by atoms with Crippen LogP contribution in [0, 0.1) is 17.8 Å². The number of nitrogens with zero attached hydrogens (tertiary/aromatic N) is 1. The van der Waals surface area contributed by atoms with Crippen molar-refractivity contribution in [3.05, 3.63) is 24.0 Å². The summed E-state index contributed by atoms with van der Waals surface area (Å²) in [4.78, 5) is 23.8. The SMILES string of the molecule is Cn1cccc1C(=O)NNC(=O)CC1CC2CCC1C2. The van der Waals surface area contributed by atoms with E-state index in [2.05, 4.69) is 10.9 Å². The molecule has 1 aromatic rings. The highest BCUT2D eigenvalue weighted by molar-refractivity contribution is 5.94. The zero-order chi connectivity index (χ0) is 14.1. The Morgan fingerprint density at radius 1 is 1.30 bits per heavy atom. The number of aromatic nitrogens is 1. The summed E-state index contributed by atoms with van der Waals surface area (Å²) in [5, 5.41) is 0. The molecule has 2 saturated carbocycles. The molecule has 3 unspecified atom stereocenters. The minimum Gasteiger partial charge on any atom is -0.347 e. The molecule has 5 nitrogen and oxygen atoms in total. The second-order valence-corrected chi connectivity index (χ2v) is 6.15. The van der Waals surface area contributed by atoms with Gasteiger partial charge >= 0.3 is 0 Å². The van der Waals surface area contributed by atoms with E-state index in [4.69, 9.17) is 0 Å². The van der Waals surface area contributed by atoms with Gasteiger partial charge in [-0.05, 0) is 49.1 Å². The third-order valence-corrected chi connectivity index (χ3v) is 4.82. The van der Waals surface area contributed by atoms with Gasteiger partial charge in [0.15, 0.2) is 0 Å². The lowest BCUT2D eigenvalue weighted by atomic mass is 9.86. The van der Waals surface area contributed by atoms with E-state index < -0.39 is 0 Å². The Morgan fingerprint density at radius 3 is 2.75 bits per heavy atom. The van der Waals surface area contributed by atoms with Crippen LogP contribution in [0.25, 0.3) is 0 Å². The van der Waals surface area contributed by atoms with Crippen LogP contribution in [0.15, 0.2) is 18.3 Å². The summed E-state index contributed by atoms with van der Waals surface area (Å²) in [6, 6.07) is 3.52. The summed E-state index contributed by atoms with van der Waals surface area (Å²) in [5.41, 5.74) is 5.55. The summed E-state index contributed by atoms with van der Waals surface area (Å²) in [7, 11) is 1.80. The molecule has 0 aliphatic heterocycles. The van der Waals surface area contributed by atoms with Crippen molar-refractivity contribution >= 4 is 11.8 Å². The van der Waals surface area contributed by atoms with Crippen molar-refractivity contribution in [3.63, 3.8) is 0 Å². The van der Waals surface area contributed by atoms with Gasteiger partial charge in [0.05, 0.1) is 0 Å². The van der Waals surface area contributed by atoms with Crippen LogP contribution in [0.5, 0.6) is 0 Å². The molecule has 3 rings (SSSR count). The molecule has 2 N–H and O–H groups in total. The van der Waals surface area contributed by atoms with Crippen LogP contribution in [0.2, 0.25) is 0 Å². The Kier molecular flexibility index (Phi) is 3.51. The quantitative estimate of drug-likeness (QED) is 0.823. The Morgan fingerprint density at radius 2 is 2.15 bits per heavy atom. The lowest BCUT2D eigenvalue weighted by Gasteiger charge is -2.20. The summed E-state index contributed by atoms with van der Waals surface area (Å²) in [6.07, 6.45) is 7.43. The van der Waals surface area contributed by atoms with Gasteiger partial charge in [0.2, 0.25) is 5.91 Å². The molecule has 0 saturated heterocycles. The van der Waals surface area contributed by atoms with E-state index in [1.165, 1.54) is 25.7 Å². The minimum absolute atomic E-state index is 0.0786. The molecule has 2 aliphatic rings. The second-order valence-electron chi connectivity index (χ2n) is 6.15. The number of amides is 2. The predicted molar refractivity (Wildman–Crippen MR) is 74.6 cm³/mol. The van der Waals surface area contributed by atoms with Crippen molar-refractivity contribution in [3.8, 4) is 0 Å². The van der Waals surface area contributed by atoms with Crippen LogP contribution in [-0.2, 0) is 11.8 Å². The molecule has 1 aromatic heterocycles. The minimum atomic E-state index is -0.279. The average molecular weight is 275 g/mol. The van der Waals surface area contributed by atoms with Crippen LogP contribution in [0.3, 0.4) is 0 Å². The second kappa shape index (κ2) is 5.31. The maximum Gasteiger partial charge on any atom is 0.286 e. The fourth-order valence-electron chi connectivity index (χ4n) is 3.80. The number of nitrogens with one attached hydrogen (secondary N) is 2. The molecule has 20 heavy (non-hydrogen) atoms. The maximum atomic E-state index is 11.9. The summed E-state index contributed by atoms with van der Waals surface area (Å²) in [6.45, 7) is 0. The van der Waals surface area contributed by atoms with Gasteiger partial charge < -0.3 is 4.57 Å². The van der Waals surface area contributed by atoms with E-state index in [9.17, 15) is 9.59 Å². The number of hydrogen-bond donors (Lipinski definition) is 2. The number of fused-ring (bicyclic) bond motifs is 2. The summed E-state index contributed by atoms with van der Waals surface area (Å²) >= 11 is 0. The number of aryl methyl sites for hydroxylation is 1. The highest BCUT2D eigenvalue weighted by Gasteiger charge is 2.40.